The molecule has 4 nitrogen and oxygen atoms in total. The van der Waals surface area contributed by atoms with Gasteiger partial charge in [-0.3, -0.25) is 0 Å². The highest BCUT2D eigenvalue weighted by Gasteiger charge is 2.46. The molecule has 0 heterocycles. The van der Waals surface area contributed by atoms with Crippen molar-refractivity contribution in [1.82, 2.24) is 0 Å². The van der Waals surface area contributed by atoms with Gasteiger partial charge in [-0.25, -0.2) is 4.79 Å². The number of carbonyl (C=O) groups is 1. The Balaban J connectivity index is 2.07. The summed E-state index contributed by atoms with van der Waals surface area (Å²) in [6.45, 7) is 0. The van der Waals surface area contributed by atoms with Crippen molar-refractivity contribution in [3.8, 4) is 0 Å². The van der Waals surface area contributed by atoms with Crippen LogP contribution >= 0.6 is 0 Å². The number of hydrogen-bond acceptors (Lipinski definition) is 4. The van der Waals surface area contributed by atoms with Crippen LogP contribution in [0.5, 0.6) is 0 Å². The molecule has 2 rings (SSSR count). The van der Waals surface area contributed by atoms with Gasteiger partial charge in [-0.1, -0.05) is 12.1 Å². The molecule has 1 aliphatic carbocycles. The van der Waals surface area contributed by atoms with Crippen LogP contribution in [-0.4, -0.2) is 30.2 Å². The van der Waals surface area contributed by atoms with Crippen LogP contribution < -0.4 is 0 Å². The van der Waals surface area contributed by atoms with Crippen LogP contribution in [0.1, 0.15) is 28.3 Å². The Morgan fingerprint density at radius 2 is 2.00 bits per heavy atom. The van der Waals surface area contributed by atoms with E-state index in [9.17, 15) is 4.79 Å². The smallest absolute Gasteiger partial charge is 0.455 e. The fourth-order valence-corrected chi connectivity index (χ4v) is 1.91. The molecule has 84 valence electrons. The summed E-state index contributed by atoms with van der Waals surface area (Å²) >= 11 is 0. The zero-order valence-corrected chi connectivity index (χ0v) is 8.96. The highest BCUT2D eigenvalue weighted by Crippen LogP contribution is 2.53. The predicted molar refractivity (Wildman–Crippen MR) is 59.1 cm³/mol. The lowest BCUT2D eigenvalue weighted by Gasteiger charge is -2.02. The minimum absolute atomic E-state index is 0.0658. The number of hydrogen-bond donors (Lipinski definition) is 2. The van der Waals surface area contributed by atoms with Gasteiger partial charge in [-0.05, 0) is 30.0 Å². The third-order valence-corrected chi connectivity index (χ3v) is 2.98. The molecule has 2 N–H and O–H groups in total. The monoisotopic (exact) mass is 220 g/mol. The van der Waals surface area contributed by atoms with E-state index in [4.69, 9.17) is 10.0 Å². The normalized spacial score (nSPS) is 22.7. The summed E-state index contributed by atoms with van der Waals surface area (Å²) in [5, 5.41) is 18.0. The van der Waals surface area contributed by atoms with Crippen LogP contribution in [0.15, 0.2) is 24.3 Å². The Morgan fingerprint density at radius 3 is 2.44 bits per heavy atom. The lowest BCUT2D eigenvalue weighted by atomic mass is 9.81. The molecule has 1 fully saturated rings. The fraction of sp³-hybridized carbons (Fsp3) is 0.364. The molecule has 16 heavy (non-hydrogen) atoms. The Kier molecular flexibility index (Phi) is 2.98. The number of ether oxygens (including phenoxy) is 1. The molecule has 1 saturated carbocycles. The topological polar surface area (TPSA) is 66.8 Å². The number of rotatable bonds is 3. The molecular formula is C11H13BO4. The minimum atomic E-state index is -1.25. The Morgan fingerprint density at radius 1 is 1.38 bits per heavy atom. The van der Waals surface area contributed by atoms with E-state index in [0.717, 1.165) is 12.0 Å². The molecule has 0 aliphatic heterocycles. The zero-order chi connectivity index (χ0) is 11.7. The molecule has 0 radical (unpaired) electrons. The first-order chi connectivity index (χ1) is 7.63. The third-order valence-electron chi connectivity index (χ3n) is 2.98. The van der Waals surface area contributed by atoms with E-state index in [0.29, 0.717) is 5.56 Å². The first-order valence-electron chi connectivity index (χ1n) is 5.18. The van der Waals surface area contributed by atoms with Crippen molar-refractivity contribution in [2.45, 2.75) is 18.2 Å². The van der Waals surface area contributed by atoms with Gasteiger partial charge in [-0.15, -0.1) is 0 Å². The van der Waals surface area contributed by atoms with Crippen LogP contribution in [0.4, 0.5) is 0 Å². The molecule has 0 amide bonds. The van der Waals surface area contributed by atoms with Crippen LogP contribution in [0.3, 0.4) is 0 Å². The van der Waals surface area contributed by atoms with Crippen molar-refractivity contribution in [2.75, 3.05) is 7.11 Å². The first kappa shape index (κ1) is 11.2. The van der Waals surface area contributed by atoms with Crippen LogP contribution in [-0.2, 0) is 4.74 Å². The van der Waals surface area contributed by atoms with Gasteiger partial charge in [0.2, 0.25) is 0 Å². The molecule has 0 spiro atoms. The zero-order valence-electron chi connectivity index (χ0n) is 8.96. The highest BCUT2D eigenvalue weighted by atomic mass is 16.5. The van der Waals surface area contributed by atoms with Gasteiger partial charge in [0, 0.05) is 5.82 Å². The predicted octanol–water partition coefficient (Wildman–Crippen LogP) is 0.803. The van der Waals surface area contributed by atoms with E-state index in [1.165, 1.54) is 7.11 Å². The average Bonchev–Trinajstić information content (AvgIpc) is 3.08. The van der Waals surface area contributed by atoms with E-state index < -0.39 is 7.12 Å². The Bertz CT molecular complexity index is 387. The second-order valence-electron chi connectivity index (χ2n) is 4.03. The minimum Gasteiger partial charge on any atom is -0.465 e. The molecule has 2 unspecified atom stereocenters. The van der Waals surface area contributed by atoms with Gasteiger partial charge in [0.1, 0.15) is 0 Å². The maximum atomic E-state index is 11.2. The van der Waals surface area contributed by atoms with E-state index in [-0.39, 0.29) is 17.7 Å². The molecule has 0 aromatic heterocycles. The SMILES string of the molecule is COC(=O)c1ccc(C2CC2B(O)O)cc1. The first-order valence-corrected chi connectivity index (χ1v) is 5.18. The van der Waals surface area contributed by atoms with Crippen LogP contribution in [0.2, 0.25) is 5.82 Å². The summed E-state index contributed by atoms with van der Waals surface area (Å²) in [7, 11) is 0.0974. The molecule has 0 saturated heterocycles. The highest BCUT2D eigenvalue weighted by molar-refractivity contribution is 6.44. The summed E-state index contributed by atoms with van der Waals surface area (Å²) in [5.74, 6) is -0.225. The van der Waals surface area contributed by atoms with E-state index in [1.54, 1.807) is 12.1 Å². The van der Waals surface area contributed by atoms with Gasteiger partial charge in [0.05, 0.1) is 12.7 Å². The second-order valence-corrected chi connectivity index (χ2v) is 4.03. The fourth-order valence-electron chi connectivity index (χ4n) is 1.91. The summed E-state index contributed by atoms with van der Waals surface area (Å²) in [5.41, 5.74) is 1.54. The third kappa shape index (κ3) is 2.10. The average molecular weight is 220 g/mol. The van der Waals surface area contributed by atoms with E-state index in [2.05, 4.69) is 4.74 Å². The van der Waals surface area contributed by atoms with Gasteiger partial charge in [0.15, 0.2) is 0 Å². The molecule has 2 atom stereocenters. The Labute approximate surface area is 94.0 Å². The number of esters is 1. The van der Waals surface area contributed by atoms with Crippen molar-refractivity contribution in [2.24, 2.45) is 0 Å². The van der Waals surface area contributed by atoms with Crippen molar-refractivity contribution in [3.05, 3.63) is 35.4 Å². The largest absolute Gasteiger partial charge is 0.465 e. The molecule has 1 aromatic carbocycles. The van der Waals surface area contributed by atoms with Gasteiger partial charge < -0.3 is 14.8 Å². The summed E-state index contributed by atoms with van der Waals surface area (Å²) in [6.07, 6.45) is 0.787. The van der Waals surface area contributed by atoms with Crippen LogP contribution in [0.25, 0.3) is 0 Å². The van der Waals surface area contributed by atoms with Crippen molar-refractivity contribution >= 4 is 13.1 Å². The Hall–Kier alpha value is -1.33. The van der Waals surface area contributed by atoms with Crippen molar-refractivity contribution < 1.29 is 19.6 Å². The van der Waals surface area contributed by atoms with E-state index >= 15 is 0 Å². The maximum Gasteiger partial charge on any atom is 0.455 e. The van der Waals surface area contributed by atoms with Crippen molar-refractivity contribution in [3.63, 3.8) is 0 Å². The standard InChI is InChI=1S/C11H13BO4/c1-16-11(13)8-4-2-7(3-5-8)9-6-10(9)12(14)15/h2-5,9-10,14-15H,6H2,1H3. The number of carbonyl (C=O) groups excluding carboxylic acids is 1. The summed E-state index contributed by atoms with van der Waals surface area (Å²) in [6, 6.07) is 7.05. The second kappa shape index (κ2) is 4.27. The molecule has 1 aliphatic rings. The number of methoxy groups -OCH3 is 1. The quantitative estimate of drug-likeness (QED) is 0.584. The van der Waals surface area contributed by atoms with Crippen LogP contribution in [0, 0.1) is 0 Å². The summed E-state index contributed by atoms with van der Waals surface area (Å²) in [4.78, 5) is 11.2. The van der Waals surface area contributed by atoms with Gasteiger partial charge in [-0.2, -0.15) is 0 Å². The molecule has 0 bridgehead atoms. The molecule has 1 aromatic rings. The van der Waals surface area contributed by atoms with Gasteiger partial charge in [0.25, 0.3) is 0 Å². The lowest BCUT2D eigenvalue weighted by Crippen LogP contribution is -2.11. The summed E-state index contributed by atoms with van der Waals surface area (Å²) < 4.78 is 4.59. The number of benzene rings is 1. The van der Waals surface area contributed by atoms with E-state index in [1.807, 2.05) is 12.1 Å². The maximum absolute atomic E-state index is 11.2. The lowest BCUT2D eigenvalue weighted by molar-refractivity contribution is 0.0600. The molecule has 5 heteroatoms. The van der Waals surface area contributed by atoms with Crippen molar-refractivity contribution in [1.29, 1.82) is 0 Å². The van der Waals surface area contributed by atoms with Gasteiger partial charge >= 0.3 is 13.1 Å². The molecular weight excluding hydrogens is 207 g/mol.